The highest BCUT2D eigenvalue weighted by atomic mass is 32.1. The normalized spacial score (nSPS) is 22.2. The Kier molecular flexibility index (Phi) is 3.95. The van der Waals surface area contributed by atoms with Gasteiger partial charge in [-0.05, 0) is 19.4 Å². The van der Waals surface area contributed by atoms with Gasteiger partial charge >= 0.3 is 5.97 Å². The number of fused-ring (bicyclic) bond motifs is 1. The summed E-state index contributed by atoms with van der Waals surface area (Å²) in [5.41, 5.74) is 6.44. The van der Waals surface area contributed by atoms with Crippen LogP contribution in [0.4, 0.5) is 10.7 Å². The van der Waals surface area contributed by atoms with Gasteiger partial charge in [-0.2, -0.15) is 0 Å². The van der Waals surface area contributed by atoms with Crippen LogP contribution in [-0.2, 0) is 4.74 Å². The second kappa shape index (κ2) is 5.73. The van der Waals surface area contributed by atoms with Gasteiger partial charge < -0.3 is 20.1 Å². The molecule has 0 radical (unpaired) electrons. The van der Waals surface area contributed by atoms with Gasteiger partial charge in [-0.1, -0.05) is 0 Å². The quantitative estimate of drug-likeness (QED) is 0.851. The average Bonchev–Trinajstić information content (AvgIpc) is 3.09. The number of carbonyl (C=O) groups is 1. The number of nitrogens with zero attached hydrogens (tertiary/aromatic N) is 2. The lowest BCUT2D eigenvalue weighted by Crippen LogP contribution is -2.50. The van der Waals surface area contributed by atoms with Crippen LogP contribution in [0.1, 0.15) is 22.5 Å². The molecule has 6 nitrogen and oxygen atoms in total. The molecule has 2 N–H and O–H groups in total. The molecule has 2 fully saturated rings. The third-order valence-electron chi connectivity index (χ3n) is 4.33. The molecule has 1 aromatic rings. The molecule has 0 aliphatic carbocycles. The van der Waals surface area contributed by atoms with Gasteiger partial charge in [0, 0.05) is 25.7 Å². The van der Waals surface area contributed by atoms with Gasteiger partial charge in [-0.15, -0.1) is 11.3 Å². The van der Waals surface area contributed by atoms with E-state index >= 15 is 0 Å². The molecule has 2 saturated heterocycles. The first-order valence-corrected chi connectivity index (χ1v) is 8.01. The van der Waals surface area contributed by atoms with Gasteiger partial charge in [0.05, 0.1) is 14.2 Å². The summed E-state index contributed by atoms with van der Waals surface area (Å²) in [5, 5.41) is 0.946. The Bertz CT molecular complexity index is 546. The second-order valence-corrected chi connectivity index (χ2v) is 6.45. The van der Waals surface area contributed by atoms with E-state index in [1.54, 1.807) is 7.11 Å². The topological polar surface area (TPSA) is 68.0 Å². The molecular formula is C14H21N3O3S. The molecule has 0 bridgehead atoms. The molecule has 0 spiro atoms. The molecular weight excluding hydrogens is 290 g/mol. The Morgan fingerprint density at radius 1 is 1.33 bits per heavy atom. The minimum atomic E-state index is -0.401. The van der Waals surface area contributed by atoms with Crippen LogP contribution < -0.4 is 15.4 Å². The first kappa shape index (κ1) is 14.5. The van der Waals surface area contributed by atoms with Crippen molar-refractivity contribution in [1.29, 1.82) is 0 Å². The predicted molar refractivity (Wildman–Crippen MR) is 83.4 cm³/mol. The number of hydrogen-bond acceptors (Lipinski definition) is 7. The van der Waals surface area contributed by atoms with E-state index in [0.717, 1.165) is 24.6 Å². The minimum absolute atomic E-state index is 0.387. The zero-order chi connectivity index (χ0) is 15.0. The highest BCUT2D eigenvalue weighted by Crippen LogP contribution is 2.45. The first-order chi connectivity index (χ1) is 10.2. The number of carbonyl (C=O) groups excluding carboxylic acids is 1. The summed E-state index contributed by atoms with van der Waals surface area (Å²) in [7, 11) is 2.96. The number of esters is 1. The number of thiophene rings is 1. The number of anilines is 2. The van der Waals surface area contributed by atoms with Crippen molar-refractivity contribution in [2.24, 2.45) is 0 Å². The Balaban J connectivity index is 1.89. The van der Waals surface area contributed by atoms with E-state index in [4.69, 9.17) is 15.2 Å². The molecule has 7 heteroatoms. The lowest BCUT2D eigenvalue weighted by atomic mass is 10.1. The van der Waals surface area contributed by atoms with Gasteiger partial charge in [0.15, 0.2) is 5.75 Å². The summed E-state index contributed by atoms with van der Waals surface area (Å²) < 4.78 is 10.2. The number of hydrogen-bond donors (Lipinski definition) is 1. The van der Waals surface area contributed by atoms with Gasteiger partial charge in [-0.3, -0.25) is 4.90 Å². The van der Waals surface area contributed by atoms with Gasteiger partial charge in [0.25, 0.3) is 0 Å². The molecule has 1 unspecified atom stereocenters. The van der Waals surface area contributed by atoms with Crippen LogP contribution in [0.15, 0.2) is 0 Å². The Morgan fingerprint density at radius 3 is 2.86 bits per heavy atom. The molecule has 2 aliphatic rings. The Hall–Kier alpha value is -1.47. The van der Waals surface area contributed by atoms with Crippen molar-refractivity contribution >= 4 is 28.0 Å². The van der Waals surface area contributed by atoms with Crippen LogP contribution in [0.3, 0.4) is 0 Å². The molecule has 0 saturated carbocycles. The Morgan fingerprint density at radius 2 is 2.14 bits per heavy atom. The number of nitrogen functional groups attached to an aromatic ring is 1. The number of piperazine rings is 1. The highest BCUT2D eigenvalue weighted by Gasteiger charge is 2.34. The molecule has 3 rings (SSSR count). The van der Waals surface area contributed by atoms with Crippen molar-refractivity contribution in [1.82, 2.24) is 4.90 Å². The van der Waals surface area contributed by atoms with Crippen LogP contribution in [-0.4, -0.2) is 57.3 Å². The SMILES string of the molecule is COC(=O)c1sc(N2CCN3CCCC3C2)c(OC)c1N. The summed E-state index contributed by atoms with van der Waals surface area (Å²) in [4.78, 5) is 17.1. The third kappa shape index (κ3) is 2.44. The largest absolute Gasteiger partial charge is 0.492 e. The van der Waals surface area contributed by atoms with E-state index in [2.05, 4.69) is 9.80 Å². The predicted octanol–water partition coefficient (Wildman–Crippen LogP) is 1.41. The van der Waals surface area contributed by atoms with E-state index in [9.17, 15) is 4.79 Å². The summed E-state index contributed by atoms with van der Waals surface area (Å²) in [6.07, 6.45) is 2.51. The number of nitrogens with two attached hydrogens (primary N) is 1. The smallest absolute Gasteiger partial charge is 0.350 e. The summed E-state index contributed by atoms with van der Waals surface area (Å²) >= 11 is 1.37. The minimum Gasteiger partial charge on any atom is -0.492 e. The zero-order valence-corrected chi connectivity index (χ0v) is 13.2. The van der Waals surface area contributed by atoms with Crippen LogP contribution in [0.2, 0.25) is 0 Å². The number of ether oxygens (including phenoxy) is 2. The molecule has 21 heavy (non-hydrogen) atoms. The molecule has 116 valence electrons. The van der Waals surface area contributed by atoms with Gasteiger partial charge in [-0.25, -0.2) is 4.79 Å². The molecule has 0 amide bonds. The van der Waals surface area contributed by atoms with Crippen molar-refractivity contribution in [2.45, 2.75) is 18.9 Å². The van der Waals surface area contributed by atoms with Crippen molar-refractivity contribution in [2.75, 3.05) is 51.0 Å². The number of methoxy groups -OCH3 is 2. The van der Waals surface area contributed by atoms with Gasteiger partial charge in [0.2, 0.25) is 0 Å². The fourth-order valence-electron chi connectivity index (χ4n) is 3.24. The summed E-state index contributed by atoms with van der Waals surface area (Å²) in [5.74, 6) is 0.202. The highest BCUT2D eigenvalue weighted by molar-refractivity contribution is 7.19. The maximum absolute atomic E-state index is 11.8. The summed E-state index contributed by atoms with van der Waals surface area (Å²) in [6, 6.07) is 0.605. The van der Waals surface area contributed by atoms with Crippen LogP contribution >= 0.6 is 11.3 Å². The number of rotatable bonds is 3. The first-order valence-electron chi connectivity index (χ1n) is 7.19. The van der Waals surface area contributed by atoms with E-state index < -0.39 is 5.97 Å². The van der Waals surface area contributed by atoms with Crippen LogP contribution in [0, 0.1) is 0 Å². The van der Waals surface area contributed by atoms with E-state index in [0.29, 0.717) is 22.4 Å². The van der Waals surface area contributed by atoms with Crippen LogP contribution in [0.25, 0.3) is 0 Å². The fourth-order valence-corrected chi connectivity index (χ4v) is 4.39. The average molecular weight is 311 g/mol. The Labute approximate surface area is 128 Å². The van der Waals surface area contributed by atoms with Crippen molar-refractivity contribution in [3.63, 3.8) is 0 Å². The lowest BCUT2D eigenvalue weighted by Gasteiger charge is -2.38. The summed E-state index contributed by atoms with van der Waals surface area (Å²) in [6.45, 7) is 4.17. The van der Waals surface area contributed by atoms with E-state index in [1.165, 1.54) is 37.8 Å². The molecule has 1 atom stereocenters. The standard InChI is InChI=1S/C14H21N3O3S/c1-19-11-10(15)12(14(18)20-2)21-13(11)17-7-6-16-5-3-4-9(16)8-17/h9H,3-8,15H2,1-2H3. The van der Waals surface area contributed by atoms with Crippen LogP contribution in [0.5, 0.6) is 5.75 Å². The van der Waals surface area contributed by atoms with Crippen molar-refractivity contribution in [3.8, 4) is 5.75 Å². The van der Waals surface area contributed by atoms with E-state index in [-0.39, 0.29) is 0 Å². The van der Waals surface area contributed by atoms with Crippen molar-refractivity contribution in [3.05, 3.63) is 4.88 Å². The maximum Gasteiger partial charge on any atom is 0.350 e. The fraction of sp³-hybridized carbons (Fsp3) is 0.643. The maximum atomic E-state index is 11.8. The molecule has 2 aliphatic heterocycles. The van der Waals surface area contributed by atoms with Crippen molar-refractivity contribution < 1.29 is 14.3 Å². The zero-order valence-electron chi connectivity index (χ0n) is 12.4. The van der Waals surface area contributed by atoms with Gasteiger partial charge in [0.1, 0.15) is 15.6 Å². The second-order valence-electron chi connectivity index (χ2n) is 5.45. The van der Waals surface area contributed by atoms with E-state index in [1.807, 2.05) is 0 Å². The molecule has 0 aromatic carbocycles. The third-order valence-corrected chi connectivity index (χ3v) is 5.56. The lowest BCUT2D eigenvalue weighted by molar-refractivity contribution is 0.0607. The molecule has 3 heterocycles. The monoisotopic (exact) mass is 311 g/mol. The molecule has 1 aromatic heterocycles.